The highest BCUT2D eigenvalue weighted by atomic mass is 16.5. The van der Waals surface area contributed by atoms with Crippen molar-refractivity contribution < 1.29 is 14.3 Å². The summed E-state index contributed by atoms with van der Waals surface area (Å²) in [6.07, 6.45) is 7.78. The van der Waals surface area contributed by atoms with Crippen LogP contribution in [0.3, 0.4) is 0 Å². The van der Waals surface area contributed by atoms with Crippen molar-refractivity contribution in [2.45, 2.75) is 19.4 Å². The molecule has 1 heterocycles. The lowest BCUT2D eigenvalue weighted by Gasteiger charge is -2.37. The summed E-state index contributed by atoms with van der Waals surface area (Å²) in [6.45, 7) is 0.477. The van der Waals surface area contributed by atoms with E-state index < -0.39 is 0 Å². The lowest BCUT2D eigenvalue weighted by atomic mass is 9.63. The zero-order chi connectivity index (χ0) is 22.4. The summed E-state index contributed by atoms with van der Waals surface area (Å²) in [4.78, 5) is 25.7. The monoisotopic (exact) mass is 436 g/mol. The number of allylic oxidation sites excluding steroid dienone is 2. The van der Waals surface area contributed by atoms with Gasteiger partial charge in [0.25, 0.3) is 11.8 Å². The van der Waals surface area contributed by atoms with Crippen LogP contribution in [-0.2, 0) is 16.2 Å². The molecule has 2 amide bonds. The Kier molecular flexibility index (Phi) is 4.83. The quantitative estimate of drug-likeness (QED) is 0.323. The van der Waals surface area contributed by atoms with Gasteiger partial charge in [0.15, 0.2) is 0 Å². The van der Waals surface area contributed by atoms with E-state index in [-0.39, 0.29) is 35.5 Å². The van der Waals surface area contributed by atoms with Gasteiger partial charge in [-0.05, 0) is 70.8 Å². The summed E-state index contributed by atoms with van der Waals surface area (Å²) < 4.78 is 5.99. The van der Waals surface area contributed by atoms with Crippen molar-refractivity contribution in [2.75, 3.05) is 0 Å². The van der Waals surface area contributed by atoms with Gasteiger partial charge in [0.1, 0.15) is 12.4 Å². The summed E-state index contributed by atoms with van der Waals surface area (Å²) in [7, 11) is 0. The van der Waals surface area contributed by atoms with Crippen molar-refractivity contribution >= 4 is 28.8 Å². The summed E-state index contributed by atoms with van der Waals surface area (Å²) in [5, 5.41) is 7.75. The molecule has 1 aliphatic heterocycles. The van der Waals surface area contributed by atoms with Crippen LogP contribution >= 0.6 is 0 Å². The Labute approximate surface area is 192 Å². The number of hydrogen-bond donors (Lipinski definition) is 0. The molecule has 1 saturated heterocycles. The molecule has 33 heavy (non-hydrogen) atoms. The fourth-order valence-corrected chi connectivity index (χ4v) is 5.53. The molecule has 0 unspecified atom stereocenters. The molecule has 1 saturated carbocycles. The van der Waals surface area contributed by atoms with E-state index in [1.165, 1.54) is 10.8 Å². The number of amides is 2. The van der Waals surface area contributed by atoms with Crippen LogP contribution < -0.4 is 4.74 Å². The number of hydrazone groups is 1. The molecule has 4 aliphatic rings. The summed E-state index contributed by atoms with van der Waals surface area (Å²) in [5.74, 6) is 0.323. The molecule has 3 aromatic carbocycles. The number of benzene rings is 3. The average molecular weight is 437 g/mol. The molecule has 3 aliphatic carbocycles. The maximum Gasteiger partial charge on any atom is 0.254 e. The number of nitrogens with zero attached hydrogens (tertiary/aromatic N) is 2. The fraction of sp³-hybridized carbons (Fsp3) is 0.250. The van der Waals surface area contributed by atoms with Crippen molar-refractivity contribution in [1.29, 1.82) is 0 Å². The van der Waals surface area contributed by atoms with Crippen molar-refractivity contribution in [3.8, 4) is 5.75 Å². The van der Waals surface area contributed by atoms with Crippen LogP contribution in [0.2, 0.25) is 0 Å². The van der Waals surface area contributed by atoms with Gasteiger partial charge in [-0.2, -0.15) is 10.1 Å². The number of rotatable bonds is 5. The highest BCUT2D eigenvalue weighted by Gasteiger charge is 2.56. The zero-order valence-corrected chi connectivity index (χ0v) is 18.1. The number of fused-ring (bicyclic) bond motifs is 2. The molecule has 5 heteroatoms. The van der Waals surface area contributed by atoms with Crippen molar-refractivity contribution in [3.05, 3.63) is 90.0 Å². The molecule has 0 radical (unpaired) electrons. The molecule has 5 nitrogen and oxygen atoms in total. The predicted molar refractivity (Wildman–Crippen MR) is 127 cm³/mol. The normalized spacial score (nSPS) is 25.9. The molecule has 0 aromatic heterocycles. The van der Waals surface area contributed by atoms with Gasteiger partial charge in [-0.25, -0.2) is 0 Å². The average Bonchev–Trinajstić information content (AvgIpc) is 3.14. The minimum Gasteiger partial charge on any atom is -0.489 e. The van der Waals surface area contributed by atoms with Gasteiger partial charge in [-0.3, -0.25) is 9.59 Å². The van der Waals surface area contributed by atoms with E-state index in [1.54, 1.807) is 6.21 Å². The maximum absolute atomic E-state index is 12.9. The Morgan fingerprint density at radius 3 is 2.21 bits per heavy atom. The van der Waals surface area contributed by atoms with E-state index in [2.05, 4.69) is 41.5 Å². The van der Waals surface area contributed by atoms with E-state index in [0.717, 1.165) is 34.7 Å². The highest BCUT2D eigenvalue weighted by Crippen LogP contribution is 2.49. The van der Waals surface area contributed by atoms with Gasteiger partial charge in [-0.1, -0.05) is 54.6 Å². The number of carbonyl (C=O) groups is 2. The van der Waals surface area contributed by atoms with Crippen LogP contribution in [0.1, 0.15) is 24.0 Å². The second-order valence-corrected chi connectivity index (χ2v) is 9.07. The van der Waals surface area contributed by atoms with E-state index in [0.29, 0.717) is 6.61 Å². The summed E-state index contributed by atoms with van der Waals surface area (Å²) >= 11 is 0. The first-order valence-electron chi connectivity index (χ1n) is 11.5. The van der Waals surface area contributed by atoms with Crippen molar-refractivity contribution in [3.63, 3.8) is 0 Å². The third-order valence-corrected chi connectivity index (χ3v) is 7.21. The van der Waals surface area contributed by atoms with Crippen LogP contribution in [0.5, 0.6) is 5.75 Å². The Morgan fingerprint density at radius 1 is 0.848 bits per heavy atom. The summed E-state index contributed by atoms with van der Waals surface area (Å²) in [5.41, 5.74) is 1.94. The maximum atomic E-state index is 12.9. The molecular formula is C28H24N2O3. The Balaban J connectivity index is 1.13. The first-order valence-corrected chi connectivity index (χ1v) is 11.5. The Hall–Kier alpha value is -3.73. The van der Waals surface area contributed by atoms with E-state index in [4.69, 9.17) is 4.74 Å². The molecule has 164 valence electrons. The lowest BCUT2D eigenvalue weighted by molar-refractivity contribution is -0.140. The zero-order valence-electron chi connectivity index (χ0n) is 18.1. The van der Waals surface area contributed by atoms with Gasteiger partial charge >= 0.3 is 0 Å². The first-order chi connectivity index (χ1) is 16.2. The van der Waals surface area contributed by atoms with Gasteiger partial charge in [0, 0.05) is 0 Å². The van der Waals surface area contributed by atoms with Crippen LogP contribution in [0.15, 0.2) is 84.0 Å². The summed E-state index contributed by atoms with van der Waals surface area (Å²) in [6, 6.07) is 22.0. The third kappa shape index (κ3) is 3.44. The predicted octanol–water partition coefficient (Wildman–Crippen LogP) is 4.95. The molecule has 4 atom stereocenters. The van der Waals surface area contributed by atoms with Crippen molar-refractivity contribution in [2.24, 2.45) is 28.8 Å². The van der Waals surface area contributed by atoms with E-state index >= 15 is 0 Å². The Morgan fingerprint density at radius 2 is 1.52 bits per heavy atom. The highest BCUT2D eigenvalue weighted by molar-refractivity contribution is 6.06. The van der Waals surface area contributed by atoms with Gasteiger partial charge in [0.05, 0.1) is 18.1 Å². The topological polar surface area (TPSA) is 59.0 Å². The van der Waals surface area contributed by atoms with Crippen molar-refractivity contribution in [1.82, 2.24) is 5.01 Å². The molecule has 7 rings (SSSR count). The molecule has 2 fully saturated rings. The molecular weight excluding hydrogens is 412 g/mol. The number of hydrogen-bond acceptors (Lipinski definition) is 4. The number of ether oxygens (including phenoxy) is 1. The fourth-order valence-electron chi connectivity index (χ4n) is 5.53. The molecule has 0 spiro atoms. The minimum atomic E-state index is -0.233. The molecule has 0 N–H and O–H groups in total. The Bertz CT molecular complexity index is 1260. The largest absolute Gasteiger partial charge is 0.489 e. The second-order valence-electron chi connectivity index (χ2n) is 9.07. The SMILES string of the molecule is O=C1[C@@H]2[C@H](C(=O)N1/N=C\c1ccc(OCc3cccc4ccccc34)cc1)[C@H]1C=C[C@H]2CC1. The van der Waals surface area contributed by atoms with Gasteiger partial charge in [-0.15, -0.1) is 0 Å². The van der Waals surface area contributed by atoms with Gasteiger partial charge in [0.2, 0.25) is 0 Å². The standard InChI is InChI=1S/C28H24N2O3/c31-27-25-20-10-11-21(13-12-20)26(25)28(32)30(27)29-16-18-8-14-23(15-9-18)33-17-22-6-3-5-19-4-1-2-7-24(19)22/h1-11,14-16,20-21,25-26H,12-13,17H2/b29-16-/t20-,21-,25-,26+/m0/s1. The number of imide groups is 1. The van der Waals surface area contributed by atoms with Crippen LogP contribution in [0.4, 0.5) is 0 Å². The van der Waals surface area contributed by atoms with Crippen LogP contribution in [0, 0.1) is 23.7 Å². The lowest BCUT2D eigenvalue weighted by Crippen LogP contribution is -2.38. The van der Waals surface area contributed by atoms with E-state index in [1.807, 2.05) is 42.5 Å². The second kappa shape index (κ2) is 8.00. The molecule has 2 bridgehead atoms. The smallest absolute Gasteiger partial charge is 0.254 e. The third-order valence-electron chi connectivity index (χ3n) is 7.21. The number of carbonyl (C=O) groups excluding carboxylic acids is 2. The van der Waals surface area contributed by atoms with E-state index in [9.17, 15) is 9.59 Å². The molecule has 3 aromatic rings. The van der Waals surface area contributed by atoms with Crippen LogP contribution in [-0.4, -0.2) is 23.0 Å². The van der Waals surface area contributed by atoms with Gasteiger partial charge < -0.3 is 4.74 Å². The minimum absolute atomic E-state index is 0.157. The van der Waals surface area contributed by atoms with Crippen LogP contribution in [0.25, 0.3) is 10.8 Å². The first kappa shape index (κ1) is 19.9.